The number of nitrogens with two attached hydrogens (primary N) is 1. The van der Waals surface area contributed by atoms with Crippen LogP contribution in [0.5, 0.6) is 12.0 Å². The van der Waals surface area contributed by atoms with Gasteiger partial charge in [0, 0.05) is 6.54 Å². The molecule has 0 bridgehead atoms. The number of nitriles is 1. The SMILES string of the molecule is CN(C)CCOc1nc(N)c2nc(O)n(Cc3ccc(C#N)cc3)c2n1. The van der Waals surface area contributed by atoms with Crippen LogP contribution in [0.3, 0.4) is 0 Å². The van der Waals surface area contributed by atoms with Crippen molar-refractivity contribution in [1.29, 1.82) is 5.26 Å². The lowest BCUT2D eigenvalue weighted by Crippen LogP contribution is -2.20. The topological polar surface area (TPSA) is 126 Å². The van der Waals surface area contributed by atoms with E-state index in [4.69, 9.17) is 15.7 Å². The van der Waals surface area contributed by atoms with Crippen molar-refractivity contribution in [3.05, 3.63) is 35.4 Å². The fourth-order valence-electron chi connectivity index (χ4n) is 2.39. The Hall–Kier alpha value is -3.38. The molecule has 2 heterocycles. The molecule has 0 atom stereocenters. The van der Waals surface area contributed by atoms with Crippen molar-refractivity contribution in [2.45, 2.75) is 6.54 Å². The highest BCUT2D eigenvalue weighted by molar-refractivity contribution is 5.83. The predicted molar refractivity (Wildman–Crippen MR) is 95.7 cm³/mol. The zero-order chi connectivity index (χ0) is 18.7. The molecule has 26 heavy (non-hydrogen) atoms. The van der Waals surface area contributed by atoms with Gasteiger partial charge in [0.05, 0.1) is 18.2 Å². The molecule has 0 saturated heterocycles. The average Bonchev–Trinajstić information content (AvgIpc) is 2.92. The van der Waals surface area contributed by atoms with Gasteiger partial charge in [0.1, 0.15) is 6.61 Å². The molecule has 3 N–H and O–H groups in total. The van der Waals surface area contributed by atoms with Crippen LogP contribution in [0.25, 0.3) is 11.2 Å². The number of nitrogen functional groups attached to an aromatic ring is 1. The minimum absolute atomic E-state index is 0.137. The number of imidazole rings is 1. The smallest absolute Gasteiger partial charge is 0.320 e. The summed E-state index contributed by atoms with van der Waals surface area (Å²) in [5.41, 5.74) is 8.09. The van der Waals surface area contributed by atoms with Crippen molar-refractivity contribution in [3.63, 3.8) is 0 Å². The summed E-state index contributed by atoms with van der Waals surface area (Å²) in [6.07, 6.45) is 0. The number of hydrogen-bond acceptors (Lipinski definition) is 8. The Morgan fingerprint density at radius 2 is 1.96 bits per heavy atom. The maximum Gasteiger partial charge on any atom is 0.320 e. The van der Waals surface area contributed by atoms with Gasteiger partial charge in [0.2, 0.25) is 0 Å². The van der Waals surface area contributed by atoms with E-state index >= 15 is 0 Å². The fourth-order valence-corrected chi connectivity index (χ4v) is 2.39. The second kappa shape index (κ2) is 7.25. The number of likely N-dealkylation sites (N-methyl/N-ethyl adjacent to an activating group) is 1. The van der Waals surface area contributed by atoms with Crippen LogP contribution in [-0.4, -0.2) is 56.8 Å². The minimum Gasteiger partial charge on any atom is -0.480 e. The number of fused-ring (bicyclic) bond motifs is 1. The molecular weight excluding hydrogens is 334 g/mol. The Kier molecular flexibility index (Phi) is 4.86. The van der Waals surface area contributed by atoms with Gasteiger partial charge in [0.25, 0.3) is 6.01 Å². The highest BCUT2D eigenvalue weighted by atomic mass is 16.5. The molecule has 0 spiro atoms. The third-order valence-electron chi connectivity index (χ3n) is 3.77. The lowest BCUT2D eigenvalue weighted by molar-refractivity contribution is 0.246. The summed E-state index contributed by atoms with van der Waals surface area (Å²) in [6, 6.07) is 9.04. The molecule has 0 amide bonds. The first kappa shape index (κ1) is 17.4. The molecule has 0 fully saturated rings. The molecule has 0 unspecified atom stereocenters. The van der Waals surface area contributed by atoms with E-state index in [-0.39, 0.29) is 17.8 Å². The van der Waals surface area contributed by atoms with Crippen molar-refractivity contribution in [2.75, 3.05) is 33.0 Å². The van der Waals surface area contributed by atoms with Crippen LogP contribution < -0.4 is 10.5 Å². The summed E-state index contributed by atoms with van der Waals surface area (Å²) in [7, 11) is 3.87. The van der Waals surface area contributed by atoms with Crippen LogP contribution in [0, 0.1) is 11.3 Å². The zero-order valence-electron chi connectivity index (χ0n) is 14.5. The molecule has 1 aromatic carbocycles. The maximum atomic E-state index is 10.2. The first-order valence-corrected chi connectivity index (χ1v) is 7.97. The lowest BCUT2D eigenvalue weighted by atomic mass is 10.1. The van der Waals surface area contributed by atoms with Crippen LogP contribution in [0.1, 0.15) is 11.1 Å². The van der Waals surface area contributed by atoms with Crippen molar-refractivity contribution in [2.24, 2.45) is 0 Å². The fraction of sp³-hybridized carbons (Fsp3) is 0.294. The Morgan fingerprint density at radius 1 is 1.23 bits per heavy atom. The Morgan fingerprint density at radius 3 is 2.62 bits per heavy atom. The molecule has 9 nitrogen and oxygen atoms in total. The molecule has 0 aliphatic heterocycles. The van der Waals surface area contributed by atoms with Crippen molar-refractivity contribution < 1.29 is 9.84 Å². The summed E-state index contributed by atoms with van der Waals surface area (Å²) in [5.74, 6) is 0.142. The summed E-state index contributed by atoms with van der Waals surface area (Å²) < 4.78 is 7.07. The lowest BCUT2D eigenvalue weighted by Gasteiger charge is -2.10. The van der Waals surface area contributed by atoms with Crippen molar-refractivity contribution >= 4 is 17.0 Å². The van der Waals surface area contributed by atoms with Gasteiger partial charge in [-0.2, -0.15) is 20.2 Å². The molecular formula is C17H19N7O2. The van der Waals surface area contributed by atoms with Crippen molar-refractivity contribution in [1.82, 2.24) is 24.4 Å². The number of anilines is 1. The normalized spacial score (nSPS) is 11.0. The van der Waals surface area contributed by atoms with Gasteiger partial charge >= 0.3 is 6.01 Å². The van der Waals surface area contributed by atoms with E-state index in [1.807, 2.05) is 31.1 Å². The first-order chi connectivity index (χ1) is 12.5. The number of aromatic nitrogens is 4. The second-order valence-electron chi connectivity index (χ2n) is 6.02. The van der Waals surface area contributed by atoms with Gasteiger partial charge < -0.3 is 20.5 Å². The number of benzene rings is 1. The maximum absolute atomic E-state index is 10.2. The molecule has 0 aliphatic rings. The quantitative estimate of drug-likeness (QED) is 0.671. The first-order valence-electron chi connectivity index (χ1n) is 7.97. The van der Waals surface area contributed by atoms with Crippen LogP contribution in [0.15, 0.2) is 24.3 Å². The molecule has 0 saturated carbocycles. The Labute approximate surface area is 150 Å². The third kappa shape index (κ3) is 3.65. The summed E-state index contributed by atoms with van der Waals surface area (Å²) >= 11 is 0. The van der Waals surface area contributed by atoms with E-state index in [0.29, 0.717) is 36.4 Å². The molecule has 0 radical (unpaired) electrons. The van der Waals surface area contributed by atoms with E-state index in [2.05, 4.69) is 21.0 Å². The number of aromatic hydroxyl groups is 1. The van der Waals surface area contributed by atoms with Crippen molar-refractivity contribution in [3.8, 4) is 18.1 Å². The predicted octanol–water partition coefficient (Wildman–Crippen LogP) is 0.974. The van der Waals surface area contributed by atoms with Crippen LogP contribution >= 0.6 is 0 Å². The number of hydrogen-bond donors (Lipinski definition) is 2. The molecule has 134 valence electrons. The molecule has 9 heteroatoms. The largest absolute Gasteiger partial charge is 0.480 e. The van der Waals surface area contributed by atoms with E-state index in [0.717, 1.165) is 5.56 Å². The number of nitrogens with zero attached hydrogens (tertiary/aromatic N) is 6. The molecule has 2 aromatic heterocycles. The van der Waals surface area contributed by atoms with Crippen LogP contribution in [-0.2, 0) is 6.54 Å². The monoisotopic (exact) mass is 353 g/mol. The Bertz CT molecular complexity index is 958. The standard InChI is InChI=1S/C17H19N7O2/c1-23(2)7-8-26-16-21-14(19)13-15(22-16)24(17(25)20-13)10-12-5-3-11(9-18)4-6-12/h3-6H,7-8,10H2,1-2H3,(H,20,25)(H2,19,21,22). The second-order valence-corrected chi connectivity index (χ2v) is 6.02. The minimum atomic E-state index is -0.212. The number of rotatable bonds is 6. The average molecular weight is 353 g/mol. The highest BCUT2D eigenvalue weighted by Crippen LogP contribution is 2.25. The molecule has 3 rings (SSSR count). The van der Waals surface area contributed by atoms with E-state index in [9.17, 15) is 5.11 Å². The van der Waals surface area contributed by atoms with Gasteiger partial charge in [-0.25, -0.2) is 0 Å². The number of ether oxygens (including phenoxy) is 1. The summed E-state index contributed by atoms with van der Waals surface area (Å²) in [4.78, 5) is 14.4. The van der Waals surface area contributed by atoms with Gasteiger partial charge in [-0.1, -0.05) is 12.1 Å². The van der Waals surface area contributed by atoms with E-state index < -0.39 is 0 Å². The summed E-state index contributed by atoms with van der Waals surface area (Å²) in [6.45, 7) is 1.44. The van der Waals surface area contributed by atoms with Gasteiger partial charge in [0.15, 0.2) is 17.0 Å². The van der Waals surface area contributed by atoms with Gasteiger partial charge in [-0.15, -0.1) is 0 Å². The van der Waals surface area contributed by atoms with E-state index in [1.165, 1.54) is 4.57 Å². The van der Waals surface area contributed by atoms with E-state index in [1.54, 1.807) is 12.1 Å². The van der Waals surface area contributed by atoms with Gasteiger partial charge in [-0.3, -0.25) is 4.57 Å². The third-order valence-corrected chi connectivity index (χ3v) is 3.77. The Balaban J connectivity index is 1.92. The van der Waals surface area contributed by atoms with Crippen LogP contribution in [0.2, 0.25) is 0 Å². The molecule has 3 aromatic rings. The van der Waals surface area contributed by atoms with Crippen LogP contribution in [0.4, 0.5) is 5.82 Å². The zero-order valence-corrected chi connectivity index (χ0v) is 14.5. The molecule has 0 aliphatic carbocycles. The van der Waals surface area contributed by atoms with Gasteiger partial charge in [-0.05, 0) is 31.8 Å². The summed E-state index contributed by atoms with van der Waals surface area (Å²) in [5, 5.41) is 19.1. The highest BCUT2D eigenvalue weighted by Gasteiger charge is 2.17.